The first kappa shape index (κ1) is 12.0. The maximum Gasteiger partial charge on any atom is 0.272 e. The number of nitro groups is 1. The van der Waals surface area contributed by atoms with Crippen molar-refractivity contribution in [3.05, 3.63) is 51.6 Å². The van der Waals surface area contributed by atoms with Gasteiger partial charge in [-0.2, -0.15) is 0 Å². The molecule has 2 rings (SSSR count). The van der Waals surface area contributed by atoms with Crippen molar-refractivity contribution in [2.45, 2.75) is 13.5 Å². The van der Waals surface area contributed by atoms with Crippen molar-refractivity contribution in [2.24, 2.45) is 0 Å². The van der Waals surface area contributed by atoms with Crippen molar-refractivity contribution < 1.29 is 14.5 Å². The molecule has 1 heterocycles. The van der Waals surface area contributed by atoms with Crippen LogP contribution in [0, 0.1) is 17.0 Å². The quantitative estimate of drug-likeness (QED) is 0.457. The van der Waals surface area contributed by atoms with Gasteiger partial charge in [-0.3, -0.25) is 24.6 Å². The molecule has 0 unspecified atom stereocenters. The number of imide groups is 1. The Balaban J connectivity index is 2.30. The van der Waals surface area contributed by atoms with Crippen LogP contribution in [0.3, 0.4) is 0 Å². The molecule has 18 heavy (non-hydrogen) atoms. The van der Waals surface area contributed by atoms with Crippen LogP contribution in [0.1, 0.15) is 11.1 Å². The number of hydrogen-bond donors (Lipinski definition) is 0. The Labute approximate surface area is 103 Å². The van der Waals surface area contributed by atoms with Gasteiger partial charge in [-0.05, 0) is 12.5 Å². The summed E-state index contributed by atoms with van der Waals surface area (Å²) in [6.45, 7) is 1.66. The molecule has 0 bridgehead atoms. The number of carbonyl (C=O) groups is 2. The third kappa shape index (κ3) is 2.00. The lowest BCUT2D eigenvalue weighted by Gasteiger charge is -2.15. The lowest BCUT2D eigenvalue weighted by Crippen LogP contribution is -2.29. The fourth-order valence-electron chi connectivity index (χ4n) is 1.80. The fourth-order valence-corrected chi connectivity index (χ4v) is 1.80. The molecule has 0 atom stereocenters. The highest BCUT2D eigenvalue weighted by Crippen LogP contribution is 2.23. The highest BCUT2D eigenvalue weighted by Gasteiger charge is 2.25. The maximum atomic E-state index is 11.4. The van der Waals surface area contributed by atoms with Crippen LogP contribution in [0.4, 0.5) is 5.69 Å². The Morgan fingerprint density at radius 1 is 1.22 bits per heavy atom. The monoisotopic (exact) mass is 246 g/mol. The summed E-state index contributed by atoms with van der Waals surface area (Å²) in [5.41, 5.74) is 1.05. The van der Waals surface area contributed by atoms with Gasteiger partial charge in [0, 0.05) is 23.8 Å². The summed E-state index contributed by atoms with van der Waals surface area (Å²) in [4.78, 5) is 34.2. The van der Waals surface area contributed by atoms with E-state index in [2.05, 4.69) is 0 Å². The van der Waals surface area contributed by atoms with Crippen molar-refractivity contribution in [1.29, 1.82) is 0 Å². The van der Waals surface area contributed by atoms with Crippen molar-refractivity contribution in [3.8, 4) is 0 Å². The van der Waals surface area contributed by atoms with Gasteiger partial charge in [-0.15, -0.1) is 0 Å². The molecule has 0 spiro atoms. The van der Waals surface area contributed by atoms with Gasteiger partial charge in [0.05, 0.1) is 11.5 Å². The number of rotatable bonds is 3. The molecule has 0 N–H and O–H groups in total. The summed E-state index contributed by atoms with van der Waals surface area (Å²) >= 11 is 0. The standard InChI is InChI=1S/C12H10N2O4/c1-8-9(3-2-4-10(8)14(17)18)7-13-11(15)5-6-12(13)16/h2-6H,7H2,1H3. The molecule has 92 valence electrons. The van der Waals surface area contributed by atoms with Crippen LogP contribution in [0.5, 0.6) is 0 Å². The second kappa shape index (κ2) is 4.40. The van der Waals surface area contributed by atoms with E-state index in [9.17, 15) is 19.7 Å². The smallest absolute Gasteiger partial charge is 0.271 e. The molecular formula is C12H10N2O4. The average Bonchev–Trinajstić information content (AvgIpc) is 2.63. The first-order valence-electron chi connectivity index (χ1n) is 5.27. The van der Waals surface area contributed by atoms with Crippen molar-refractivity contribution in [3.63, 3.8) is 0 Å². The Hall–Kier alpha value is -2.50. The van der Waals surface area contributed by atoms with Crippen LogP contribution in [-0.2, 0) is 16.1 Å². The molecule has 0 radical (unpaired) electrons. The molecule has 2 amide bonds. The minimum atomic E-state index is -0.481. The van der Waals surface area contributed by atoms with E-state index < -0.39 is 16.7 Å². The van der Waals surface area contributed by atoms with E-state index in [1.54, 1.807) is 19.1 Å². The Kier molecular flexibility index (Phi) is 2.93. The van der Waals surface area contributed by atoms with Gasteiger partial charge in [-0.1, -0.05) is 12.1 Å². The van der Waals surface area contributed by atoms with Gasteiger partial charge >= 0.3 is 0 Å². The number of benzene rings is 1. The largest absolute Gasteiger partial charge is 0.272 e. The minimum absolute atomic E-state index is 0.0143. The van der Waals surface area contributed by atoms with E-state index >= 15 is 0 Å². The highest BCUT2D eigenvalue weighted by molar-refractivity contribution is 6.12. The lowest BCUT2D eigenvalue weighted by atomic mass is 10.1. The zero-order valence-corrected chi connectivity index (χ0v) is 9.62. The molecule has 0 saturated heterocycles. The highest BCUT2D eigenvalue weighted by atomic mass is 16.6. The number of nitro benzene ring substituents is 1. The number of carbonyl (C=O) groups excluding carboxylic acids is 2. The van der Waals surface area contributed by atoms with Gasteiger partial charge in [0.15, 0.2) is 0 Å². The molecule has 0 saturated carbocycles. The summed E-state index contributed by atoms with van der Waals surface area (Å²) in [6.07, 6.45) is 2.38. The van der Waals surface area contributed by atoms with Gasteiger partial charge in [-0.25, -0.2) is 0 Å². The topological polar surface area (TPSA) is 80.5 Å². The van der Waals surface area contributed by atoms with E-state index in [-0.39, 0.29) is 12.2 Å². The fraction of sp³-hybridized carbons (Fsp3) is 0.167. The summed E-state index contributed by atoms with van der Waals surface area (Å²) in [7, 11) is 0. The van der Waals surface area contributed by atoms with Gasteiger partial charge < -0.3 is 0 Å². The zero-order valence-electron chi connectivity index (χ0n) is 9.62. The van der Waals surface area contributed by atoms with E-state index in [1.807, 2.05) is 0 Å². The van der Waals surface area contributed by atoms with Crippen molar-refractivity contribution >= 4 is 17.5 Å². The minimum Gasteiger partial charge on any atom is -0.271 e. The molecule has 1 aliphatic rings. The Morgan fingerprint density at radius 3 is 2.39 bits per heavy atom. The van der Waals surface area contributed by atoms with Crippen LogP contribution < -0.4 is 0 Å². The number of hydrogen-bond acceptors (Lipinski definition) is 4. The van der Waals surface area contributed by atoms with Crippen LogP contribution in [0.2, 0.25) is 0 Å². The van der Waals surface area contributed by atoms with Gasteiger partial charge in [0.1, 0.15) is 0 Å². The van der Waals surface area contributed by atoms with Crippen LogP contribution in [0.25, 0.3) is 0 Å². The molecular weight excluding hydrogens is 236 g/mol. The lowest BCUT2D eigenvalue weighted by molar-refractivity contribution is -0.385. The Bertz CT molecular complexity index is 559. The molecule has 1 aliphatic heterocycles. The summed E-state index contributed by atoms with van der Waals surface area (Å²) < 4.78 is 0. The van der Waals surface area contributed by atoms with E-state index in [4.69, 9.17) is 0 Å². The molecule has 6 nitrogen and oxygen atoms in total. The predicted octanol–water partition coefficient (Wildman–Crippen LogP) is 1.33. The first-order valence-corrected chi connectivity index (χ1v) is 5.27. The summed E-state index contributed by atoms with van der Waals surface area (Å²) in [5, 5.41) is 10.8. The van der Waals surface area contributed by atoms with E-state index in [0.29, 0.717) is 11.1 Å². The molecule has 0 aliphatic carbocycles. The third-order valence-electron chi connectivity index (χ3n) is 2.84. The van der Waals surface area contributed by atoms with Gasteiger partial charge in [0.25, 0.3) is 17.5 Å². The number of nitrogens with zero attached hydrogens (tertiary/aromatic N) is 2. The van der Waals surface area contributed by atoms with Crippen molar-refractivity contribution in [1.82, 2.24) is 4.90 Å². The van der Waals surface area contributed by atoms with Crippen molar-refractivity contribution in [2.75, 3.05) is 0 Å². The maximum absolute atomic E-state index is 11.4. The average molecular weight is 246 g/mol. The van der Waals surface area contributed by atoms with Crippen LogP contribution in [-0.4, -0.2) is 21.6 Å². The third-order valence-corrected chi connectivity index (χ3v) is 2.84. The summed E-state index contributed by atoms with van der Waals surface area (Å²) in [6, 6.07) is 4.60. The predicted molar refractivity (Wildman–Crippen MR) is 62.5 cm³/mol. The molecule has 0 aromatic heterocycles. The normalized spacial score (nSPS) is 14.4. The van der Waals surface area contributed by atoms with Crippen LogP contribution >= 0.6 is 0 Å². The second-order valence-electron chi connectivity index (χ2n) is 3.91. The molecule has 1 aromatic rings. The Morgan fingerprint density at radius 2 is 1.83 bits per heavy atom. The SMILES string of the molecule is Cc1c(CN2C(=O)C=CC2=O)cccc1[N+](=O)[O-]. The molecule has 0 fully saturated rings. The zero-order chi connectivity index (χ0) is 13.3. The molecule has 6 heteroatoms. The van der Waals surface area contributed by atoms with E-state index in [0.717, 1.165) is 4.90 Å². The molecule has 1 aromatic carbocycles. The van der Waals surface area contributed by atoms with E-state index in [1.165, 1.54) is 18.2 Å². The second-order valence-corrected chi connectivity index (χ2v) is 3.91. The van der Waals surface area contributed by atoms with Crippen LogP contribution in [0.15, 0.2) is 30.4 Å². The number of amides is 2. The first-order chi connectivity index (χ1) is 8.50. The summed E-state index contributed by atoms with van der Waals surface area (Å²) in [5.74, 6) is -0.795. The van der Waals surface area contributed by atoms with Gasteiger partial charge in [0.2, 0.25) is 0 Å².